The number of aromatic hydroxyl groups is 1. The van der Waals surface area contributed by atoms with Crippen LogP contribution in [0.5, 0.6) is 5.75 Å². The number of carbonyl (C=O) groups is 3. The highest BCUT2D eigenvalue weighted by Crippen LogP contribution is 2.53. The maximum atomic E-state index is 13.8. The van der Waals surface area contributed by atoms with Gasteiger partial charge in [0.15, 0.2) is 11.4 Å². The largest absolute Gasteiger partial charge is 0.508 e. The number of fused-ring (bicyclic) bond motifs is 3. The summed E-state index contributed by atoms with van der Waals surface area (Å²) in [6, 6.07) is 12.0. The van der Waals surface area contributed by atoms with Gasteiger partial charge in [-0.1, -0.05) is 57.2 Å². The fraction of sp³-hybridized carbons (Fsp3) is 0.406. The molecule has 1 unspecified atom stereocenters. The average Bonchev–Trinajstić information content (AvgIpc) is 2.88. The lowest BCUT2D eigenvalue weighted by atomic mass is 9.59. The Hall–Kier alpha value is -3.91. The summed E-state index contributed by atoms with van der Waals surface area (Å²) in [5.41, 5.74) is 5.48. The fourth-order valence-corrected chi connectivity index (χ4v) is 6.91. The Morgan fingerprint density at radius 3 is 2.35 bits per heavy atom. The quantitative estimate of drug-likeness (QED) is 0.344. The molecule has 0 spiro atoms. The number of rotatable bonds is 6. The van der Waals surface area contributed by atoms with Gasteiger partial charge in [0, 0.05) is 17.9 Å². The van der Waals surface area contributed by atoms with Crippen molar-refractivity contribution in [2.45, 2.75) is 64.4 Å². The van der Waals surface area contributed by atoms with Crippen LogP contribution in [0.25, 0.3) is 5.76 Å². The molecule has 1 fully saturated rings. The van der Waals surface area contributed by atoms with Crippen molar-refractivity contribution in [3.63, 3.8) is 0 Å². The lowest BCUT2D eigenvalue weighted by Gasteiger charge is -2.46. The van der Waals surface area contributed by atoms with Gasteiger partial charge in [-0.3, -0.25) is 14.4 Å². The van der Waals surface area contributed by atoms with Gasteiger partial charge in [-0.15, -0.1) is 0 Å². The third-order valence-corrected chi connectivity index (χ3v) is 8.79. The van der Waals surface area contributed by atoms with Crippen LogP contribution < -0.4 is 5.73 Å². The molecular weight excluding hydrogens is 510 g/mol. The summed E-state index contributed by atoms with van der Waals surface area (Å²) in [6.07, 6.45) is 1.44. The smallest absolute Gasteiger partial charge is 0.255 e. The number of Topliss-reactive ketones (excluding diaryl/α,β-unsaturated/α-hetero) is 2. The summed E-state index contributed by atoms with van der Waals surface area (Å²) in [7, 11) is 0. The Bertz CT molecular complexity index is 1490. The van der Waals surface area contributed by atoms with Crippen LogP contribution in [-0.2, 0) is 33.6 Å². The number of aliphatic hydroxyl groups excluding tert-OH is 2. The van der Waals surface area contributed by atoms with E-state index in [0.29, 0.717) is 18.4 Å². The molecule has 0 heterocycles. The second-order valence-electron chi connectivity index (χ2n) is 11.9. The molecular formula is C32H35NO7. The second-order valence-corrected chi connectivity index (χ2v) is 11.9. The summed E-state index contributed by atoms with van der Waals surface area (Å²) in [4.78, 5) is 38.2. The summed E-state index contributed by atoms with van der Waals surface area (Å²) >= 11 is 0. The summed E-state index contributed by atoms with van der Waals surface area (Å²) in [6.45, 7) is 6.14. The monoisotopic (exact) mass is 545 g/mol. The number of aliphatic hydroxyl groups is 3. The van der Waals surface area contributed by atoms with Gasteiger partial charge in [0.05, 0.1) is 5.56 Å². The molecule has 40 heavy (non-hydrogen) atoms. The standard InChI is InChI=1S/C32H35NO7/c1-15(2)21-13-19(10-16(3)9-17-7-5-4-6-8-17)27(35)25-22(21)12-18-11-20-14-23(34)26(31(33)39)30(38)32(20,40)29(37)24(18)28(25)36/h4-8,13,15-16,18,20,35-36,38,40H,9-12,14H2,1-3H3,(H2,33,39)/t16?,18-,20+,32+/m1/s1. The van der Waals surface area contributed by atoms with Crippen LogP contribution in [0.15, 0.2) is 53.3 Å². The Balaban J connectivity index is 1.61. The molecule has 3 aliphatic carbocycles. The third kappa shape index (κ3) is 4.22. The van der Waals surface area contributed by atoms with E-state index in [-0.39, 0.29) is 41.6 Å². The first-order valence-corrected chi connectivity index (χ1v) is 13.7. The first-order chi connectivity index (χ1) is 18.9. The van der Waals surface area contributed by atoms with E-state index in [1.165, 1.54) is 5.56 Å². The Labute approximate surface area is 232 Å². The molecule has 0 aromatic heterocycles. The van der Waals surface area contributed by atoms with Crippen molar-refractivity contribution in [2.24, 2.45) is 23.5 Å². The Morgan fingerprint density at radius 2 is 1.73 bits per heavy atom. The third-order valence-electron chi connectivity index (χ3n) is 8.79. The average molecular weight is 546 g/mol. The van der Waals surface area contributed by atoms with Gasteiger partial charge in [0.25, 0.3) is 5.91 Å². The van der Waals surface area contributed by atoms with Crippen LogP contribution in [-0.4, -0.2) is 43.5 Å². The lowest BCUT2D eigenvalue weighted by molar-refractivity contribution is -0.147. The van der Waals surface area contributed by atoms with Gasteiger partial charge in [-0.05, 0) is 65.7 Å². The molecule has 5 rings (SSSR count). The van der Waals surface area contributed by atoms with E-state index in [4.69, 9.17) is 5.73 Å². The highest BCUT2D eigenvalue weighted by Gasteiger charge is 2.60. The zero-order valence-electron chi connectivity index (χ0n) is 22.9. The normalized spacial score (nSPS) is 25.0. The predicted octanol–water partition coefficient (Wildman–Crippen LogP) is 3.97. The topological polar surface area (TPSA) is 158 Å². The zero-order valence-corrected chi connectivity index (χ0v) is 22.9. The number of phenolic OH excluding ortho intramolecular Hbond substituents is 1. The molecule has 1 amide bonds. The van der Waals surface area contributed by atoms with E-state index in [9.17, 15) is 34.8 Å². The van der Waals surface area contributed by atoms with E-state index in [2.05, 4.69) is 19.1 Å². The van der Waals surface area contributed by atoms with Crippen molar-refractivity contribution < 1.29 is 34.8 Å². The highest BCUT2D eigenvalue weighted by molar-refractivity contribution is 6.22. The summed E-state index contributed by atoms with van der Waals surface area (Å²) in [5.74, 6) is -5.84. The van der Waals surface area contributed by atoms with Gasteiger partial charge < -0.3 is 26.2 Å². The van der Waals surface area contributed by atoms with Crippen LogP contribution in [0.2, 0.25) is 0 Å². The molecule has 210 valence electrons. The maximum Gasteiger partial charge on any atom is 0.255 e. The van der Waals surface area contributed by atoms with Crippen LogP contribution in [0.3, 0.4) is 0 Å². The van der Waals surface area contributed by atoms with Crippen LogP contribution >= 0.6 is 0 Å². The number of benzene rings is 2. The lowest BCUT2D eigenvalue weighted by Crippen LogP contribution is -2.58. The van der Waals surface area contributed by atoms with Gasteiger partial charge in [-0.2, -0.15) is 0 Å². The molecule has 0 saturated heterocycles. The van der Waals surface area contributed by atoms with Crippen molar-refractivity contribution in [1.29, 1.82) is 0 Å². The van der Waals surface area contributed by atoms with Gasteiger partial charge in [0.1, 0.15) is 22.8 Å². The molecule has 2 aromatic carbocycles. The number of ketones is 2. The predicted molar refractivity (Wildman–Crippen MR) is 148 cm³/mol. The minimum atomic E-state index is -2.56. The molecule has 4 atom stereocenters. The van der Waals surface area contributed by atoms with Crippen molar-refractivity contribution in [1.82, 2.24) is 0 Å². The van der Waals surface area contributed by atoms with Gasteiger partial charge in [0.2, 0.25) is 5.78 Å². The summed E-state index contributed by atoms with van der Waals surface area (Å²) in [5, 5.41) is 45.3. The fourth-order valence-electron chi connectivity index (χ4n) is 6.91. The number of primary amides is 1. The molecule has 8 heteroatoms. The molecule has 6 N–H and O–H groups in total. The maximum absolute atomic E-state index is 13.8. The molecule has 3 aliphatic rings. The number of phenols is 1. The SMILES string of the molecule is CC(Cc1ccccc1)Cc1cc(C(C)C)c2c(c1O)C(O)=C1C(=O)[C@]3(O)C(O)=C(C(N)=O)C(=O)C[C@@H]3C[C@@H]1C2. The Morgan fingerprint density at radius 1 is 1.05 bits per heavy atom. The van der Waals surface area contributed by atoms with Crippen LogP contribution in [0.1, 0.15) is 67.3 Å². The minimum absolute atomic E-state index is 0.0597. The first-order valence-electron chi connectivity index (χ1n) is 13.7. The van der Waals surface area contributed by atoms with Crippen molar-refractivity contribution in [3.8, 4) is 5.75 Å². The van der Waals surface area contributed by atoms with E-state index >= 15 is 0 Å². The van der Waals surface area contributed by atoms with E-state index in [0.717, 1.165) is 17.5 Å². The van der Waals surface area contributed by atoms with Crippen molar-refractivity contribution in [2.75, 3.05) is 0 Å². The molecule has 8 nitrogen and oxygen atoms in total. The van der Waals surface area contributed by atoms with Gasteiger partial charge >= 0.3 is 0 Å². The molecule has 0 aliphatic heterocycles. The summed E-state index contributed by atoms with van der Waals surface area (Å²) < 4.78 is 0. The second kappa shape index (κ2) is 9.93. The zero-order chi connectivity index (χ0) is 29.1. The molecule has 0 bridgehead atoms. The van der Waals surface area contributed by atoms with E-state index in [1.54, 1.807) is 0 Å². The van der Waals surface area contributed by atoms with E-state index in [1.807, 2.05) is 38.1 Å². The Kier molecular flexibility index (Phi) is 6.86. The van der Waals surface area contributed by atoms with Crippen LogP contribution in [0.4, 0.5) is 0 Å². The first kappa shape index (κ1) is 27.6. The van der Waals surface area contributed by atoms with Crippen molar-refractivity contribution >= 4 is 23.2 Å². The highest BCUT2D eigenvalue weighted by atomic mass is 16.3. The number of hydrogen-bond acceptors (Lipinski definition) is 7. The van der Waals surface area contributed by atoms with Gasteiger partial charge in [-0.25, -0.2) is 0 Å². The van der Waals surface area contributed by atoms with E-state index < -0.39 is 52.0 Å². The van der Waals surface area contributed by atoms with Crippen LogP contribution in [0, 0.1) is 17.8 Å². The molecule has 1 saturated carbocycles. The number of nitrogens with two attached hydrogens (primary N) is 1. The molecule has 0 radical (unpaired) electrons. The van der Waals surface area contributed by atoms with Crippen molar-refractivity contribution in [3.05, 3.63) is 81.1 Å². The number of hydrogen-bond donors (Lipinski definition) is 5. The minimum Gasteiger partial charge on any atom is -0.508 e. The molecule has 2 aromatic rings. The number of carbonyl (C=O) groups excluding carboxylic acids is 3. The number of amides is 1.